The average Bonchev–Trinajstić information content (AvgIpc) is 2.65. The monoisotopic (exact) mass is 438 g/mol. The fourth-order valence-electron chi connectivity index (χ4n) is 1.88. The van der Waals surface area contributed by atoms with Crippen LogP contribution in [0, 0.1) is 0 Å². The van der Waals surface area contributed by atoms with Crippen molar-refractivity contribution in [1.82, 2.24) is 10.9 Å². The minimum absolute atomic E-state index is 0.190. The van der Waals surface area contributed by atoms with Gasteiger partial charge in [-0.05, 0) is 43.3 Å². The van der Waals surface area contributed by atoms with Crippen molar-refractivity contribution in [2.24, 2.45) is 0 Å². The molecule has 2 rings (SSSR count). The molecule has 0 bridgehead atoms. The molecule has 0 saturated carbocycles. The molecule has 0 aliphatic rings. The normalized spacial score (nSPS) is 10.1. The lowest BCUT2D eigenvalue weighted by Crippen LogP contribution is -2.44. The summed E-state index contributed by atoms with van der Waals surface area (Å²) >= 11 is 4.73. The van der Waals surface area contributed by atoms with Crippen LogP contribution in [0.3, 0.4) is 0 Å². The fourth-order valence-corrected chi connectivity index (χ4v) is 2.84. The lowest BCUT2D eigenvalue weighted by molar-refractivity contribution is -0.128. The molecule has 0 spiro atoms. The molecule has 2 amide bonds. The number of thioether (sulfide) groups is 1. The molecule has 0 fully saturated rings. The number of benzene rings is 2. The third kappa shape index (κ3) is 6.97. The molecule has 0 atom stereocenters. The van der Waals surface area contributed by atoms with E-state index in [-0.39, 0.29) is 18.3 Å². The molecule has 8 heteroatoms. The van der Waals surface area contributed by atoms with Crippen LogP contribution in [0.5, 0.6) is 11.5 Å². The standard InChI is InChI=1S/C18H19BrN2O4S/c1-2-24-15-5-3-4-6-16(15)25-11-17(22)20-21-18(23)12-26-14-9-7-13(19)8-10-14/h3-10H,2,11-12H2,1H3,(H,20,22)(H,21,23). The van der Waals surface area contributed by atoms with E-state index in [2.05, 4.69) is 26.8 Å². The molecule has 0 saturated heterocycles. The summed E-state index contributed by atoms with van der Waals surface area (Å²) in [4.78, 5) is 24.5. The first-order valence-corrected chi connectivity index (χ1v) is 9.67. The number of amides is 2. The first kappa shape index (κ1) is 20.1. The van der Waals surface area contributed by atoms with Gasteiger partial charge in [0.25, 0.3) is 5.91 Å². The summed E-state index contributed by atoms with van der Waals surface area (Å²) in [6.07, 6.45) is 0. The zero-order chi connectivity index (χ0) is 18.8. The summed E-state index contributed by atoms with van der Waals surface area (Å²) in [5, 5.41) is 0. The number of hydrogen-bond donors (Lipinski definition) is 2. The molecular formula is C18H19BrN2O4S. The smallest absolute Gasteiger partial charge is 0.276 e. The second kappa shape index (κ2) is 10.7. The highest BCUT2D eigenvalue weighted by atomic mass is 79.9. The van der Waals surface area contributed by atoms with E-state index in [1.807, 2.05) is 37.3 Å². The molecule has 2 aromatic rings. The van der Waals surface area contributed by atoms with Gasteiger partial charge >= 0.3 is 0 Å². The summed E-state index contributed by atoms with van der Waals surface area (Å²) < 4.78 is 11.8. The maximum absolute atomic E-state index is 11.8. The van der Waals surface area contributed by atoms with E-state index in [0.29, 0.717) is 18.1 Å². The van der Waals surface area contributed by atoms with Crippen LogP contribution < -0.4 is 20.3 Å². The van der Waals surface area contributed by atoms with E-state index in [1.165, 1.54) is 11.8 Å². The maximum Gasteiger partial charge on any atom is 0.276 e. The highest BCUT2D eigenvalue weighted by molar-refractivity contribution is 9.10. The Bertz CT molecular complexity index is 740. The first-order valence-electron chi connectivity index (χ1n) is 7.89. The Kier molecular flexibility index (Phi) is 8.30. The van der Waals surface area contributed by atoms with Crippen molar-refractivity contribution in [3.05, 3.63) is 53.0 Å². The van der Waals surface area contributed by atoms with Crippen LogP contribution >= 0.6 is 27.7 Å². The molecule has 0 aromatic heterocycles. The number of hydrazine groups is 1. The number of rotatable bonds is 8. The number of carbonyl (C=O) groups is 2. The molecule has 0 heterocycles. The Morgan fingerprint density at radius 1 is 0.962 bits per heavy atom. The lowest BCUT2D eigenvalue weighted by atomic mass is 10.3. The zero-order valence-corrected chi connectivity index (χ0v) is 16.6. The summed E-state index contributed by atoms with van der Waals surface area (Å²) in [7, 11) is 0. The topological polar surface area (TPSA) is 76.7 Å². The van der Waals surface area contributed by atoms with Crippen molar-refractivity contribution >= 4 is 39.5 Å². The van der Waals surface area contributed by atoms with E-state index in [4.69, 9.17) is 9.47 Å². The van der Waals surface area contributed by atoms with Crippen molar-refractivity contribution in [1.29, 1.82) is 0 Å². The van der Waals surface area contributed by atoms with E-state index in [9.17, 15) is 9.59 Å². The molecule has 2 N–H and O–H groups in total. The van der Waals surface area contributed by atoms with Gasteiger partial charge in [-0.25, -0.2) is 0 Å². The maximum atomic E-state index is 11.8. The van der Waals surface area contributed by atoms with Crippen molar-refractivity contribution in [3.8, 4) is 11.5 Å². The number of hydrogen-bond acceptors (Lipinski definition) is 5. The minimum Gasteiger partial charge on any atom is -0.490 e. The Labute approximate surface area is 164 Å². The molecule has 138 valence electrons. The van der Waals surface area contributed by atoms with Crippen molar-refractivity contribution in [3.63, 3.8) is 0 Å². The third-order valence-electron chi connectivity index (χ3n) is 3.03. The van der Waals surface area contributed by atoms with E-state index in [1.54, 1.807) is 18.2 Å². The van der Waals surface area contributed by atoms with Crippen LogP contribution in [0.25, 0.3) is 0 Å². The lowest BCUT2D eigenvalue weighted by Gasteiger charge is -2.12. The zero-order valence-electron chi connectivity index (χ0n) is 14.2. The predicted molar refractivity (Wildman–Crippen MR) is 104 cm³/mol. The average molecular weight is 439 g/mol. The summed E-state index contributed by atoms with van der Waals surface area (Å²) in [6.45, 7) is 2.13. The van der Waals surface area contributed by atoms with Crippen LogP contribution in [0.15, 0.2) is 57.9 Å². The van der Waals surface area contributed by atoms with Gasteiger partial charge in [-0.15, -0.1) is 11.8 Å². The first-order chi connectivity index (χ1) is 12.6. The van der Waals surface area contributed by atoms with E-state index < -0.39 is 5.91 Å². The largest absolute Gasteiger partial charge is 0.490 e. The SMILES string of the molecule is CCOc1ccccc1OCC(=O)NNC(=O)CSc1ccc(Br)cc1. The second-order valence-electron chi connectivity index (χ2n) is 5.01. The number of carbonyl (C=O) groups excluding carboxylic acids is 2. The molecular weight excluding hydrogens is 420 g/mol. The minimum atomic E-state index is -0.460. The molecule has 0 unspecified atom stereocenters. The second-order valence-corrected chi connectivity index (χ2v) is 6.97. The Balaban J connectivity index is 1.69. The fraction of sp³-hybridized carbons (Fsp3) is 0.222. The quantitative estimate of drug-likeness (QED) is 0.488. The van der Waals surface area contributed by atoms with Crippen LogP contribution in [0.1, 0.15) is 6.92 Å². The van der Waals surface area contributed by atoms with Crippen molar-refractivity contribution in [2.75, 3.05) is 19.0 Å². The third-order valence-corrected chi connectivity index (χ3v) is 4.57. The number of nitrogens with one attached hydrogen (secondary N) is 2. The Morgan fingerprint density at radius 2 is 1.58 bits per heavy atom. The molecule has 2 aromatic carbocycles. The van der Waals surface area contributed by atoms with Crippen molar-refractivity contribution < 1.29 is 19.1 Å². The van der Waals surface area contributed by atoms with Gasteiger partial charge < -0.3 is 9.47 Å². The van der Waals surface area contributed by atoms with Crippen LogP contribution in [0.4, 0.5) is 0 Å². The summed E-state index contributed by atoms with van der Waals surface area (Å²) in [6, 6.07) is 14.7. The Hall–Kier alpha value is -2.19. The highest BCUT2D eigenvalue weighted by Gasteiger charge is 2.09. The Morgan fingerprint density at radius 3 is 2.23 bits per heavy atom. The number of para-hydroxylation sites is 2. The van der Waals surface area contributed by atoms with Gasteiger partial charge in [0.05, 0.1) is 12.4 Å². The molecule has 6 nitrogen and oxygen atoms in total. The molecule has 0 aliphatic heterocycles. The van der Waals surface area contributed by atoms with Crippen LogP contribution in [-0.2, 0) is 9.59 Å². The summed E-state index contributed by atoms with van der Waals surface area (Å²) in [5.41, 5.74) is 4.68. The molecule has 0 radical (unpaired) electrons. The number of ether oxygens (including phenoxy) is 2. The van der Waals surface area contributed by atoms with Gasteiger partial charge in [0.1, 0.15) is 0 Å². The molecule has 26 heavy (non-hydrogen) atoms. The number of halogens is 1. The van der Waals surface area contributed by atoms with Gasteiger partial charge in [0.2, 0.25) is 5.91 Å². The van der Waals surface area contributed by atoms with Crippen molar-refractivity contribution in [2.45, 2.75) is 11.8 Å². The van der Waals surface area contributed by atoms with Gasteiger partial charge in [0.15, 0.2) is 18.1 Å². The van der Waals surface area contributed by atoms with E-state index >= 15 is 0 Å². The molecule has 0 aliphatic carbocycles. The predicted octanol–water partition coefficient (Wildman–Crippen LogP) is 3.17. The van der Waals surface area contributed by atoms with Crippen LogP contribution in [-0.4, -0.2) is 30.8 Å². The highest BCUT2D eigenvalue weighted by Crippen LogP contribution is 2.26. The summed E-state index contributed by atoms with van der Waals surface area (Å²) in [5.74, 6) is 0.467. The van der Waals surface area contributed by atoms with Gasteiger partial charge in [-0.2, -0.15) is 0 Å². The van der Waals surface area contributed by atoms with Gasteiger partial charge in [0, 0.05) is 9.37 Å². The van der Waals surface area contributed by atoms with Gasteiger partial charge in [-0.1, -0.05) is 28.1 Å². The van der Waals surface area contributed by atoms with Crippen LogP contribution in [0.2, 0.25) is 0 Å². The van der Waals surface area contributed by atoms with E-state index in [0.717, 1.165) is 9.37 Å². The van der Waals surface area contributed by atoms with Gasteiger partial charge in [-0.3, -0.25) is 20.4 Å².